The molecule has 0 aromatic carbocycles. The van der Waals surface area contributed by atoms with Crippen LogP contribution in [0.4, 0.5) is 0 Å². The van der Waals surface area contributed by atoms with Crippen LogP contribution in [0.5, 0.6) is 0 Å². The van der Waals surface area contributed by atoms with Crippen LogP contribution in [0.3, 0.4) is 0 Å². The first-order chi connectivity index (χ1) is 0. The van der Waals surface area contributed by atoms with E-state index in [0.717, 1.165) is 0 Å². The van der Waals surface area contributed by atoms with Crippen molar-refractivity contribution in [3.05, 3.63) is 0 Å². The molecule has 0 aromatic heterocycles. The molecule has 0 aliphatic carbocycles. The molecule has 5 heavy (non-hydrogen) atoms. The van der Waals surface area contributed by atoms with Crippen molar-refractivity contribution in [1.82, 2.24) is 0 Å². The van der Waals surface area contributed by atoms with Crippen molar-refractivity contribution in [2.75, 3.05) is 0 Å². The van der Waals surface area contributed by atoms with Crippen LogP contribution >= 0.6 is 0 Å². The SMILES string of the molecule is [Mn+3].[Na+].[Na+].[Na+].[Na+]. The molecule has 0 fully saturated rings. The molecule has 0 saturated heterocycles. The van der Waals surface area contributed by atoms with Gasteiger partial charge in [0.2, 0.25) is 0 Å². The van der Waals surface area contributed by atoms with Gasteiger partial charge in [0.1, 0.15) is 0 Å². The number of hydrogen-bond acceptors (Lipinski definition) is 0. The Morgan fingerprint density at radius 2 is 0.400 bits per heavy atom. The van der Waals surface area contributed by atoms with Crippen LogP contribution in [0.2, 0.25) is 0 Å². The Morgan fingerprint density at radius 3 is 0.400 bits per heavy atom. The van der Waals surface area contributed by atoms with Gasteiger partial charge in [-0.2, -0.15) is 0 Å². The second-order valence-corrected chi connectivity index (χ2v) is 0. The fraction of sp³-hybridized carbons (Fsp3) is 0. The standard InChI is InChI=1S/Mn.4Na/q+3;4*+1. The minimum atomic E-state index is 0. The van der Waals surface area contributed by atoms with Crippen molar-refractivity contribution < 1.29 is 135 Å². The van der Waals surface area contributed by atoms with E-state index in [0.29, 0.717) is 0 Å². The second kappa shape index (κ2) is 23.6. The quantitative estimate of drug-likeness (QED) is 0.298. The second-order valence-electron chi connectivity index (χ2n) is 0. The van der Waals surface area contributed by atoms with Gasteiger partial charge in [-0.3, -0.25) is 0 Å². The summed E-state index contributed by atoms with van der Waals surface area (Å²) in [5, 5.41) is 0. The Hall–Kier alpha value is 4.52. The maximum Gasteiger partial charge on any atom is 3.00 e. The van der Waals surface area contributed by atoms with Crippen molar-refractivity contribution in [1.29, 1.82) is 0 Å². The summed E-state index contributed by atoms with van der Waals surface area (Å²) in [5.41, 5.74) is 0. The number of rotatable bonds is 0. The fourth-order valence-corrected chi connectivity index (χ4v) is 0. The molecule has 0 atom stereocenters. The summed E-state index contributed by atoms with van der Waals surface area (Å²) in [6, 6.07) is 0. The third-order valence-electron chi connectivity index (χ3n) is 0. The first-order valence-electron chi connectivity index (χ1n) is 0. The number of hydrogen-bond donors (Lipinski definition) is 0. The van der Waals surface area contributed by atoms with E-state index in [4.69, 9.17) is 0 Å². The van der Waals surface area contributed by atoms with E-state index < -0.39 is 0 Å². The summed E-state index contributed by atoms with van der Waals surface area (Å²) in [6.07, 6.45) is 0. The fourth-order valence-electron chi connectivity index (χ4n) is 0. The average Bonchev–Trinajstić information content (AvgIpc) is 0. The van der Waals surface area contributed by atoms with Crippen LogP contribution in [0.15, 0.2) is 0 Å². The van der Waals surface area contributed by atoms with Gasteiger partial charge in [0.15, 0.2) is 0 Å². The van der Waals surface area contributed by atoms with Crippen LogP contribution in [0.25, 0.3) is 0 Å². The van der Waals surface area contributed by atoms with Crippen molar-refractivity contribution in [2.45, 2.75) is 0 Å². The Labute approximate surface area is 132 Å². The van der Waals surface area contributed by atoms with E-state index in [9.17, 15) is 0 Å². The molecule has 0 spiro atoms. The minimum absolute atomic E-state index is 0. The summed E-state index contributed by atoms with van der Waals surface area (Å²) >= 11 is 0. The van der Waals surface area contributed by atoms with Crippen molar-refractivity contribution in [2.24, 2.45) is 0 Å². The first-order valence-corrected chi connectivity index (χ1v) is 0. The Morgan fingerprint density at radius 1 is 0.400 bits per heavy atom. The summed E-state index contributed by atoms with van der Waals surface area (Å²) in [4.78, 5) is 0. The van der Waals surface area contributed by atoms with E-state index in [1.165, 1.54) is 0 Å². The monoisotopic (exact) mass is 147 g/mol. The van der Waals surface area contributed by atoms with Gasteiger partial charge < -0.3 is 0 Å². The van der Waals surface area contributed by atoms with E-state index in [1.54, 1.807) is 0 Å². The maximum atomic E-state index is 0. The van der Waals surface area contributed by atoms with E-state index in [2.05, 4.69) is 0 Å². The average molecular weight is 147 g/mol. The third-order valence-corrected chi connectivity index (χ3v) is 0. The Kier molecular flexibility index (Phi) is 160. The van der Waals surface area contributed by atoms with Gasteiger partial charge in [-0.25, -0.2) is 0 Å². The molecule has 0 amide bonds. The molecule has 0 radical (unpaired) electrons. The molecule has 0 bridgehead atoms. The van der Waals surface area contributed by atoms with Gasteiger partial charge in [-0.05, 0) is 0 Å². The van der Waals surface area contributed by atoms with Crippen LogP contribution in [0, 0.1) is 0 Å². The van der Waals surface area contributed by atoms with Gasteiger partial charge >= 0.3 is 135 Å². The van der Waals surface area contributed by atoms with Gasteiger partial charge in [0.25, 0.3) is 0 Å². The molecule has 0 aromatic rings. The molecular weight excluding hydrogens is 147 g/mol. The first kappa shape index (κ1) is 33.8. The van der Waals surface area contributed by atoms with Gasteiger partial charge in [0.05, 0.1) is 0 Å². The molecule has 0 aliphatic heterocycles. The minimum Gasteiger partial charge on any atom is 1.00 e. The van der Waals surface area contributed by atoms with E-state index >= 15 is 0 Å². The maximum absolute atomic E-state index is 0. The zero-order chi connectivity index (χ0) is 0. The van der Waals surface area contributed by atoms with Gasteiger partial charge in [-0.1, -0.05) is 0 Å². The predicted octanol–water partition coefficient (Wildman–Crippen LogP) is -12.0. The predicted molar refractivity (Wildman–Crippen MR) is 0 cm³/mol. The molecular formula is MnNa4+7. The summed E-state index contributed by atoms with van der Waals surface area (Å²) in [7, 11) is 0. The molecule has 0 unspecified atom stereocenters. The van der Waals surface area contributed by atoms with Crippen LogP contribution < -0.4 is 118 Å². The molecule has 5 heteroatoms. The topological polar surface area (TPSA) is 0 Å². The Bertz CT molecular complexity index is 3.61. The van der Waals surface area contributed by atoms with E-state index in [-0.39, 0.29) is 135 Å². The molecule has 0 rings (SSSR count). The van der Waals surface area contributed by atoms with Crippen LogP contribution in [-0.2, 0) is 17.1 Å². The van der Waals surface area contributed by atoms with Gasteiger partial charge in [-0.15, -0.1) is 0 Å². The van der Waals surface area contributed by atoms with E-state index in [1.807, 2.05) is 0 Å². The van der Waals surface area contributed by atoms with Crippen molar-refractivity contribution in [3.8, 4) is 0 Å². The smallest absolute Gasteiger partial charge is 1.00 e. The van der Waals surface area contributed by atoms with Crippen molar-refractivity contribution >= 4 is 0 Å². The molecule has 0 heterocycles. The van der Waals surface area contributed by atoms with Gasteiger partial charge in [0, 0.05) is 0 Å². The largest absolute Gasteiger partial charge is 3.00 e. The molecule has 0 saturated carbocycles. The van der Waals surface area contributed by atoms with Crippen LogP contribution in [0.1, 0.15) is 0 Å². The Balaban J connectivity index is 0. The zero-order valence-corrected chi connectivity index (χ0v) is 13.6. The summed E-state index contributed by atoms with van der Waals surface area (Å²) < 4.78 is 0. The normalized spacial score (nSPS) is 0. The van der Waals surface area contributed by atoms with Crippen molar-refractivity contribution in [3.63, 3.8) is 0 Å². The summed E-state index contributed by atoms with van der Waals surface area (Å²) in [5.74, 6) is 0. The van der Waals surface area contributed by atoms with Crippen LogP contribution in [-0.4, -0.2) is 0 Å². The molecule has 0 N–H and O–H groups in total. The molecule has 0 nitrogen and oxygen atoms in total. The summed E-state index contributed by atoms with van der Waals surface area (Å²) in [6.45, 7) is 0. The zero-order valence-electron chi connectivity index (χ0n) is 4.38. The third kappa shape index (κ3) is 17.7. The molecule has 4 valence electrons. The molecule has 0 aliphatic rings.